The van der Waals surface area contributed by atoms with Crippen LogP contribution in [0.15, 0.2) is 18.2 Å². The van der Waals surface area contributed by atoms with E-state index in [9.17, 15) is 4.79 Å². The molecule has 4 rings (SSSR count). The molecule has 142 valence electrons. The van der Waals surface area contributed by atoms with Gasteiger partial charge in [-0.25, -0.2) is 9.78 Å². The predicted molar refractivity (Wildman–Crippen MR) is 103 cm³/mol. The zero-order valence-electron chi connectivity index (χ0n) is 16.0. The van der Waals surface area contributed by atoms with Gasteiger partial charge in [-0.2, -0.15) is 0 Å². The van der Waals surface area contributed by atoms with E-state index in [4.69, 9.17) is 0 Å². The lowest BCUT2D eigenvalue weighted by Gasteiger charge is -2.40. The van der Waals surface area contributed by atoms with Gasteiger partial charge in [0, 0.05) is 46.3 Å². The molecule has 0 aromatic carbocycles. The third-order valence-corrected chi connectivity index (χ3v) is 6.44. The van der Waals surface area contributed by atoms with E-state index in [1.807, 2.05) is 42.1 Å². The van der Waals surface area contributed by atoms with Crippen molar-refractivity contribution in [2.75, 3.05) is 45.2 Å². The highest BCUT2D eigenvalue weighted by molar-refractivity contribution is 5.74. The van der Waals surface area contributed by atoms with Crippen molar-refractivity contribution in [3.8, 4) is 0 Å². The molecule has 0 spiro atoms. The fourth-order valence-electron chi connectivity index (χ4n) is 5.01. The predicted octanol–water partition coefficient (Wildman–Crippen LogP) is 2.16. The molecule has 1 saturated heterocycles. The number of rotatable bonds is 4. The van der Waals surface area contributed by atoms with Crippen LogP contribution in [0, 0.1) is 11.8 Å². The van der Waals surface area contributed by atoms with Gasteiger partial charge in [0.05, 0.1) is 12.2 Å². The van der Waals surface area contributed by atoms with E-state index in [0.29, 0.717) is 6.54 Å². The second-order valence-electron chi connectivity index (χ2n) is 8.31. The first-order valence-corrected chi connectivity index (χ1v) is 10.0. The SMILES string of the molecule is CN(C)c1cccc(CNC(=O)N2CCN(C3CC4CCC3C4)CC2)n1. The van der Waals surface area contributed by atoms with Crippen molar-refractivity contribution in [3.63, 3.8) is 0 Å². The number of anilines is 1. The fourth-order valence-corrected chi connectivity index (χ4v) is 5.01. The Morgan fingerprint density at radius 2 is 2.00 bits per heavy atom. The van der Waals surface area contributed by atoms with Gasteiger partial charge in [0.15, 0.2) is 0 Å². The molecule has 26 heavy (non-hydrogen) atoms. The number of fused-ring (bicyclic) bond motifs is 2. The Balaban J connectivity index is 1.24. The van der Waals surface area contributed by atoms with Crippen LogP contribution in [-0.4, -0.2) is 67.1 Å². The normalized spacial score (nSPS) is 28.4. The minimum absolute atomic E-state index is 0.0367. The standard InChI is InChI=1S/C20H31N5O/c1-23(2)19-5-3-4-17(22-19)14-21-20(26)25-10-8-24(9-11-25)18-13-15-6-7-16(18)12-15/h3-5,15-16,18H,6-14H2,1-2H3,(H,21,26). The van der Waals surface area contributed by atoms with Crippen molar-refractivity contribution >= 4 is 11.8 Å². The third kappa shape index (κ3) is 3.65. The van der Waals surface area contributed by atoms with Crippen LogP contribution in [-0.2, 0) is 6.54 Å². The van der Waals surface area contributed by atoms with Gasteiger partial charge >= 0.3 is 6.03 Å². The molecular weight excluding hydrogens is 326 g/mol. The van der Waals surface area contributed by atoms with Gasteiger partial charge in [0.1, 0.15) is 5.82 Å². The zero-order valence-corrected chi connectivity index (χ0v) is 16.0. The Morgan fingerprint density at radius 3 is 2.65 bits per heavy atom. The number of hydrogen-bond acceptors (Lipinski definition) is 4. The summed E-state index contributed by atoms with van der Waals surface area (Å²) in [7, 11) is 3.95. The molecule has 1 aromatic heterocycles. The number of carbonyl (C=O) groups excluding carboxylic acids is 1. The highest BCUT2D eigenvalue weighted by Crippen LogP contribution is 2.46. The minimum atomic E-state index is 0.0367. The third-order valence-electron chi connectivity index (χ3n) is 6.44. The maximum Gasteiger partial charge on any atom is 0.317 e. The quantitative estimate of drug-likeness (QED) is 0.897. The first kappa shape index (κ1) is 17.6. The number of piperazine rings is 1. The molecule has 0 radical (unpaired) electrons. The number of nitrogens with zero attached hydrogens (tertiary/aromatic N) is 4. The van der Waals surface area contributed by atoms with Crippen LogP contribution in [0.25, 0.3) is 0 Å². The Kier molecular flexibility index (Phi) is 5.02. The molecule has 3 unspecified atom stereocenters. The summed E-state index contributed by atoms with van der Waals surface area (Å²) in [5, 5.41) is 3.03. The van der Waals surface area contributed by atoms with Crippen LogP contribution in [0.3, 0.4) is 0 Å². The van der Waals surface area contributed by atoms with Gasteiger partial charge < -0.3 is 15.1 Å². The Bertz CT molecular complexity index is 641. The summed E-state index contributed by atoms with van der Waals surface area (Å²) in [5.74, 6) is 2.82. The molecule has 1 aromatic rings. The summed E-state index contributed by atoms with van der Waals surface area (Å²) in [4.78, 5) is 23.6. The summed E-state index contributed by atoms with van der Waals surface area (Å²) < 4.78 is 0. The van der Waals surface area contributed by atoms with Crippen molar-refractivity contribution < 1.29 is 4.79 Å². The van der Waals surface area contributed by atoms with Gasteiger partial charge in [-0.15, -0.1) is 0 Å². The van der Waals surface area contributed by atoms with Crippen molar-refractivity contribution in [2.45, 2.75) is 38.3 Å². The smallest absolute Gasteiger partial charge is 0.317 e. The number of amides is 2. The number of aromatic nitrogens is 1. The maximum absolute atomic E-state index is 12.5. The summed E-state index contributed by atoms with van der Waals surface area (Å²) in [6, 6.07) is 6.74. The van der Waals surface area contributed by atoms with Gasteiger partial charge in [-0.3, -0.25) is 4.90 Å². The van der Waals surface area contributed by atoms with E-state index < -0.39 is 0 Å². The van der Waals surface area contributed by atoms with E-state index in [0.717, 1.165) is 55.6 Å². The molecule has 2 saturated carbocycles. The van der Waals surface area contributed by atoms with Crippen LogP contribution in [0.1, 0.15) is 31.4 Å². The topological polar surface area (TPSA) is 51.7 Å². The molecule has 2 bridgehead atoms. The number of urea groups is 1. The van der Waals surface area contributed by atoms with Crippen LogP contribution in [0.2, 0.25) is 0 Å². The highest BCUT2D eigenvalue weighted by atomic mass is 16.2. The molecule has 1 aliphatic heterocycles. The molecule has 2 aliphatic carbocycles. The minimum Gasteiger partial charge on any atom is -0.363 e. The number of hydrogen-bond donors (Lipinski definition) is 1. The van der Waals surface area contributed by atoms with Crippen LogP contribution >= 0.6 is 0 Å². The van der Waals surface area contributed by atoms with Crippen molar-refractivity contribution in [1.29, 1.82) is 0 Å². The van der Waals surface area contributed by atoms with E-state index >= 15 is 0 Å². The molecular formula is C20H31N5O. The van der Waals surface area contributed by atoms with Crippen molar-refractivity contribution in [2.24, 2.45) is 11.8 Å². The number of pyridine rings is 1. The Labute approximate surface area is 156 Å². The molecule has 1 N–H and O–H groups in total. The summed E-state index contributed by atoms with van der Waals surface area (Å²) in [6.07, 6.45) is 5.72. The summed E-state index contributed by atoms with van der Waals surface area (Å²) in [6.45, 7) is 4.20. The van der Waals surface area contributed by atoms with Crippen LogP contribution in [0.5, 0.6) is 0 Å². The van der Waals surface area contributed by atoms with E-state index in [2.05, 4.69) is 15.2 Å². The average molecular weight is 358 g/mol. The lowest BCUT2D eigenvalue weighted by Crippen LogP contribution is -2.55. The number of nitrogens with one attached hydrogen (secondary N) is 1. The van der Waals surface area contributed by atoms with Crippen molar-refractivity contribution in [3.05, 3.63) is 23.9 Å². The second-order valence-corrected chi connectivity index (χ2v) is 8.31. The van der Waals surface area contributed by atoms with E-state index in [1.54, 1.807) is 0 Å². The fraction of sp³-hybridized carbons (Fsp3) is 0.700. The molecule has 2 heterocycles. The molecule has 2 amide bonds. The lowest BCUT2D eigenvalue weighted by atomic mass is 9.93. The van der Waals surface area contributed by atoms with E-state index in [1.165, 1.54) is 25.7 Å². The molecule has 3 atom stereocenters. The van der Waals surface area contributed by atoms with E-state index in [-0.39, 0.29) is 6.03 Å². The largest absolute Gasteiger partial charge is 0.363 e. The summed E-state index contributed by atoms with van der Waals surface area (Å²) >= 11 is 0. The van der Waals surface area contributed by atoms with Gasteiger partial charge in [0.2, 0.25) is 0 Å². The Morgan fingerprint density at radius 1 is 1.19 bits per heavy atom. The van der Waals surface area contributed by atoms with Gasteiger partial charge in [-0.05, 0) is 43.2 Å². The van der Waals surface area contributed by atoms with Gasteiger partial charge in [0.25, 0.3) is 0 Å². The van der Waals surface area contributed by atoms with Crippen LogP contribution < -0.4 is 10.2 Å². The Hall–Kier alpha value is -1.82. The first-order chi connectivity index (χ1) is 12.6. The van der Waals surface area contributed by atoms with Crippen LogP contribution in [0.4, 0.5) is 10.6 Å². The molecule has 6 heteroatoms. The first-order valence-electron chi connectivity index (χ1n) is 10.0. The highest BCUT2D eigenvalue weighted by Gasteiger charge is 2.42. The molecule has 6 nitrogen and oxygen atoms in total. The molecule has 3 fully saturated rings. The average Bonchev–Trinajstić information content (AvgIpc) is 3.30. The lowest BCUT2D eigenvalue weighted by molar-refractivity contribution is 0.0826. The second kappa shape index (κ2) is 7.43. The zero-order chi connectivity index (χ0) is 18.1. The maximum atomic E-state index is 12.5. The molecule has 3 aliphatic rings. The van der Waals surface area contributed by atoms with Crippen molar-refractivity contribution in [1.82, 2.24) is 20.1 Å². The number of carbonyl (C=O) groups is 1. The monoisotopic (exact) mass is 357 g/mol. The van der Waals surface area contributed by atoms with Gasteiger partial charge in [-0.1, -0.05) is 12.5 Å². The summed E-state index contributed by atoms with van der Waals surface area (Å²) in [5.41, 5.74) is 0.894.